The van der Waals surface area contributed by atoms with Crippen LogP contribution in [-0.2, 0) is 0 Å². The number of Topliss-reactive ketones (excluding diaryl/α,β-unsaturated/α-hetero) is 1. The largest absolute Gasteiger partial charge is 0.497 e. The Hall–Kier alpha value is -1.16. The van der Waals surface area contributed by atoms with Crippen molar-refractivity contribution in [1.82, 2.24) is 0 Å². The van der Waals surface area contributed by atoms with Crippen molar-refractivity contribution in [3.05, 3.63) is 23.8 Å². The summed E-state index contributed by atoms with van der Waals surface area (Å²) < 4.78 is 10.2. The number of rotatable bonds is 5. The lowest BCUT2D eigenvalue weighted by Gasteiger charge is -2.08. The van der Waals surface area contributed by atoms with Crippen LogP contribution in [0.1, 0.15) is 10.4 Å². The van der Waals surface area contributed by atoms with Crippen LogP contribution in [0.2, 0.25) is 0 Å². The number of hydrogen-bond donors (Lipinski definition) is 0. The summed E-state index contributed by atoms with van der Waals surface area (Å²) in [6, 6.07) is 5.21. The summed E-state index contributed by atoms with van der Waals surface area (Å²) in [5.41, 5.74) is 0.604. The second-order valence-electron chi connectivity index (χ2n) is 2.92. The van der Waals surface area contributed by atoms with Gasteiger partial charge in [0.15, 0.2) is 5.78 Å². The van der Waals surface area contributed by atoms with Crippen molar-refractivity contribution >= 4 is 17.5 Å². The Morgan fingerprint density at radius 3 is 2.60 bits per heavy atom. The quantitative estimate of drug-likeness (QED) is 0.721. The molecule has 4 heteroatoms. The standard InChI is InChI=1S/C11H14O3S/c1-13-8-4-5-9(10(12)7-15-3)11(6-8)14-2/h4-6H,7H2,1-3H3. The molecule has 1 rings (SSSR count). The minimum Gasteiger partial charge on any atom is -0.497 e. The van der Waals surface area contributed by atoms with Gasteiger partial charge in [0, 0.05) is 6.07 Å². The predicted octanol–water partition coefficient (Wildman–Crippen LogP) is 2.25. The molecule has 15 heavy (non-hydrogen) atoms. The van der Waals surface area contributed by atoms with E-state index in [-0.39, 0.29) is 5.78 Å². The van der Waals surface area contributed by atoms with Gasteiger partial charge >= 0.3 is 0 Å². The average Bonchev–Trinajstić information content (AvgIpc) is 2.28. The highest BCUT2D eigenvalue weighted by atomic mass is 32.2. The van der Waals surface area contributed by atoms with Gasteiger partial charge in [-0.2, -0.15) is 11.8 Å². The first-order valence-corrected chi connectivity index (χ1v) is 5.86. The second-order valence-corrected chi connectivity index (χ2v) is 3.79. The molecule has 0 aromatic heterocycles. The van der Waals surface area contributed by atoms with Crippen LogP contribution in [0.15, 0.2) is 18.2 Å². The molecule has 0 aliphatic heterocycles. The zero-order valence-corrected chi connectivity index (χ0v) is 9.89. The normalized spacial score (nSPS) is 9.80. The van der Waals surface area contributed by atoms with Gasteiger partial charge in [-0.15, -0.1) is 0 Å². The van der Waals surface area contributed by atoms with E-state index in [1.54, 1.807) is 32.4 Å². The van der Waals surface area contributed by atoms with Crippen molar-refractivity contribution in [3.8, 4) is 11.5 Å². The highest BCUT2D eigenvalue weighted by Crippen LogP contribution is 2.25. The topological polar surface area (TPSA) is 35.5 Å². The van der Waals surface area contributed by atoms with Gasteiger partial charge in [0.05, 0.1) is 25.5 Å². The zero-order valence-electron chi connectivity index (χ0n) is 9.07. The lowest BCUT2D eigenvalue weighted by molar-refractivity contribution is 0.101. The number of ketones is 1. The zero-order chi connectivity index (χ0) is 11.3. The van der Waals surface area contributed by atoms with Crippen LogP contribution in [0.5, 0.6) is 11.5 Å². The third kappa shape index (κ3) is 2.89. The van der Waals surface area contributed by atoms with E-state index in [9.17, 15) is 4.79 Å². The fraction of sp³-hybridized carbons (Fsp3) is 0.364. The second kappa shape index (κ2) is 5.66. The molecule has 0 saturated carbocycles. The summed E-state index contributed by atoms with van der Waals surface area (Å²) >= 11 is 1.50. The van der Waals surface area contributed by atoms with Gasteiger partial charge < -0.3 is 9.47 Å². The van der Waals surface area contributed by atoms with Gasteiger partial charge in [-0.05, 0) is 18.4 Å². The van der Waals surface area contributed by atoms with E-state index in [0.29, 0.717) is 22.8 Å². The number of carbonyl (C=O) groups is 1. The lowest BCUT2D eigenvalue weighted by Crippen LogP contribution is -2.04. The first-order chi connectivity index (χ1) is 7.22. The van der Waals surface area contributed by atoms with Crippen molar-refractivity contribution < 1.29 is 14.3 Å². The summed E-state index contributed by atoms with van der Waals surface area (Å²) in [6.07, 6.45) is 1.90. The summed E-state index contributed by atoms with van der Waals surface area (Å²) in [4.78, 5) is 11.7. The van der Waals surface area contributed by atoms with Gasteiger partial charge in [0.1, 0.15) is 11.5 Å². The van der Waals surface area contributed by atoms with E-state index in [0.717, 1.165) is 0 Å². The van der Waals surface area contributed by atoms with Crippen LogP contribution >= 0.6 is 11.8 Å². The monoisotopic (exact) mass is 226 g/mol. The minimum atomic E-state index is 0.0713. The maximum atomic E-state index is 11.7. The third-order valence-corrected chi connectivity index (χ3v) is 2.54. The molecular formula is C11H14O3S. The molecule has 0 aliphatic carbocycles. The van der Waals surface area contributed by atoms with Crippen LogP contribution in [0, 0.1) is 0 Å². The van der Waals surface area contributed by atoms with Crippen LogP contribution in [-0.4, -0.2) is 32.0 Å². The Bertz CT molecular complexity index is 350. The molecule has 0 aliphatic rings. The molecule has 0 heterocycles. The van der Waals surface area contributed by atoms with Crippen LogP contribution in [0.25, 0.3) is 0 Å². The number of carbonyl (C=O) groups excluding carboxylic acids is 1. The predicted molar refractivity (Wildman–Crippen MR) is 62.3 cm³/mol. The van der Waals surface area contributed by atoms with Gasteiger partial charge in [-0.3, -0.25) is 4.79 Å². The number of benzene rings is 1. The highest BCUT2D eigenvalue weighted by Gasteiger charge is 2.12. The maximum Gasteiger partial charge on any atom is 0.176 e. The first-order valence-electron chi connectivity index (χ1n) is 4.47. The van der Waals surface area contributed by atoms with E-state index < -0.39 is 0 Å². The molecule has 0 amide bonds. The summed E-state index contributed by atoms with van der Waals surface area (Å²) in [5, 5.41) is 0. The van der Waals surface area contributed by atoms with Crippen molar-refractivity contribution in [2.45, 2.75) is 0 Å². The van der Waals surface area contributed by atoms with E-state index >= 15 is 0 Å². The van der Waals surface area contributed by atoms with E-state index in [1.807, 2.05) is 6.26 Å². The molecule has 82 valence electrons. The van der Waals surface area contributed by atoms with Gasteiger partial charge in [-0.25, -0.2) is 0 Å². The Kier molecular flexibility index (Phi) is 4.49. The number of ether oxygens (including phenoxy) is 2. The van der Waals surface area contributed by atoms with Crippen molar-refractivity contribution in [1.29, 1.82) is 0 Å². The number of thioether (sulfide) groups is 1. The third-order valence-electron chi connectivity index (χ3n) is 1.98. The number of hydrogen-bond acceptors (Lipinski definition) is 4. The molecule has 0 atom stereocenters. The summed E-state index contributed by atoms with van der Waals surface area (Å²) in [6.45, 7) is 0. The Morgan fingerprint density at radius 1 is 1.33 bits per heavy atom. The molecule has 0 saturated heterocycles. The molecule has 0 bridgehead atoms. The molecule has 0 spiro atoms. The highest BCUT2D eigenvalue weighted by molar-refractivity contribution is 7.99. The van der Waals surface area contributed by atoms with E-state index in [1.165, 1.54) is 11.8 Å². The van der Waals surface area contributed by atoms with Gasteiger partial charge in [-0.1, -0.05) is 0 Å². The molecule has 3 nitrogen and oxygen atoms in total. The Labute approximate surface area is 93.8 Å². The Balaban J connectivity index is 3.02. The lowest BCUT2D eigenvalue weighted by atomic mass is 10.1. The molecule has 0 radical (unpaired) electrons. The van der Waals surface area contributed by atoms with Crippen molar-refractivity contribution in [2.75, 3.05) is 26.2 Å². The average molecular weight is 226 g/mol. The smallest absolute Gasteiger partial charge is 0.176 e. The van der Waals surface area contributed by atoms with Gasteiger partial charge in [0.25, 0.3) is 0 Å². The molecule has 0 N–H and O–H groups in total. The fourth-order valence-electron chi connectivity index (χ4n) is 1.24. The molecule has 1 aromatic rings. The summed E-state index contributed by atoms with van der Waals surface area (Å²) in [7, 11) is 3.13. The molecule has 0 unspecified atom stereocenters. The number of methoxy groups -OCH3 is 2. The van der Waals surface area contributed by atoms with Gasteiger partial charge in [0.2, 0.25) is 0 Å². The van der Waals surface area contributed by atoms with Crippen LogP contribution < -0.4 is 9.47 Å². The fourth-order valence-corrected chi connectivity index (χ4v) is 1.66. The maximum absolute atomic E-state index is 11.7. The molecule has 1 aromatic carbocycles. The van der Waals surface area contributed by atoms with E-state index in [4.69, 9.17) is 9.47 Å². The van der Waals surface area contributed by atoms with E-state index in [2.05, 4.69) is 0 Å². The van der Waals surface area contributed by atoms with Crippen molar-refractivity contribution in [3.63, 3.8) is 0 Å². The Morgan fingerprint density at radius 2 is 2.07 bits per heavy atom. The first kappa shape index (κ1) is 11.9. The minimum absolute atomic E-state index is 0.0713. The molecular weight excluding hydrogens is 212 g/mol. The van der Waals surface area contributed by atoms with Crippen LogP contribution in [0.3, 0.4) is 0 Å². The SMILES string of the molecule is COc1ccc(C(=O)CSC)c(OC)c1. The summed E-state index contributed by atoms with van der Waals surface area (Å²) in [5.74, 6) is 1.78. The van der Waals surface area contributed by atoms with Crippen molar-refractivity contribution in [2.24, 2.45) is 0 Å². The molecule has 0 fully saturated rings. The van der Waals surface area contributed by atoms with Crippen LogP contribution in [0.4, 0.5) is 0 Å².